The maximum absolute atomic E-state index is 11.7. The zero-order valence-electron chi connectivity index (χ0n) is 9.59. The fourth-order valence-corrected chi connectivity index (χ4v) is 2.06. The lowest BCUT2D eigenvalue weighted by molar-refractivity contribution is 0.0442. The molecule has 0 radical (unpaired) electrons. The number of hydrogen-bond acceptors (Lipinski definition) is 4. The Labute approximate surface area is 112 Å². The fourth-order valence-electron chi connectivity index (χ4n) is 1.54. The molecule has 0 spiro atoms. The molecule has 98 valence electrons. The number of thioether (sulfide) groups is 1. The van der Waals surface area contributed by atoms with Gasteiger partial charge in [0, 0.05) is 5.92 Å². The predicted octanol–water partition coefficient (Wildman–Crippen LogP) is 3.33. The van der Waals surface area contributed by atoms with Crippen molar-refractivity contribution in [3.05, 3.63) is 47.1 Å². The Morgan fingerprint density at radius 1 is 1.44 bits per heavy atom. The summed E-state index contributed by atoms with van der Waals surface area (Å²) in [7, 11) is 0. The molecule has 3 nitrogen and oxygen atoms in total. The zero-order chi connectivity index (χ0) is 12.1. The first-order valence-electron chi connectivity index (χ1n) is 5.40. The Balaban J connectivity index is 0.00000162. The van der Waals surface area contributed by atoms with Crippen LogP contribution in [0, 0.1) is 5.92 Å². The van der Waals surface area contributed by atoms with Crippen LogP contribution in [0.2, 0.25) is 0 Å². The number of rotatable bonds is 4. The summed E-state index contributed by atoms with van der Waals surface area (Å²) in [6, 6.07) is 9.00. The van der Waals surface area contributed by atoms with Gasteiger partial charge in [0.05, 0.1) is 12.2 Å². The Morgan fingerprint density at radius 2 is 2.17 bits per heavy atom. The monoisotopic (exact) mass is 266 g/mol. The molecule has 1 aromatic rings. The molecule has 2 rings (SSSR count). The summed E-state index contributed by atoms with van der Waals surface area (Å²) < 4.78 is 10.6. The molecule has 1 aromatic carbocycles. The summed E-state index contributed by atoms with van der Waals surface area (Å²) in [4.78, 5) is 11.7. The van der Waals surface area contributed by atoms with Crippen molar-refractivity contribution in [1.82, 2.24) is 0 Å². The molecule has 0 saturated carbocycles. The molecule has 0 saturated heterocycles. The molecule has 0 bridgehead atoms. The number of carbonyl (C=O) groups excluding carboxylic acids is 1. The van der Waals surface area contributed by atoms with Crippen LogP contribution in [0.5, 0.6) is 0 Å². The molecule has 1 aliphatic rings. The van der Waals surface area contributed by atoms with E-state index in [4.69, 9.17) is 9.47 Å². The molecule has 0 aliphatic carbocycles. The van der Waals surface area contributed by atoms with Gasteiger partial charge in [0.25, 0.3) is 0 Å². The van der Waals surface area contributed by atoms with Gasteiger partial charge in [-0.1, -0.05) is 37.4 Å². The highest BCUT2D eigenvalue weighted by atomic mass is 32.2. The van der Waals surface area contributed by atoms with E-state index in [9.17, 15) is 4.79 Å². The van der Waals surface area contributed by atoms with E-state index in [2.05, 4.69) is 0 Å². The van der Waals surface area contributed by atoms with Crippen LogP contribution >= 0.6 is 11.8 Å². The summed E-state index contributed by atoms with van der Waals surface area (Å²) in [6.07, 6.45) is 3.97. The van der Waals surface area contributed by atoms with E-state index in [0.717, 1.165) is 5.09 Å². The van der Waals surface area contributed by atoms with Crippen molar-refractivity contribution >= 4 is 17.7 Å². The van der Waals surface area contributed by atoms with Gasteiger partial charge in [-0.05, 0) is 24.5 Å². The van der Waals surface area contributed by atoms with Gasteiger partial charge >= 0.3 is 5.97 Å². The van der Waals surface area contributed by atoms with Crippen LogP contribution in [0.25, 0.3) is 0 Å². The van der Waals surface area contributed by atoms with Crippen molar-refractivity contribution in [2.24, 2.45) is 5.92 Å². The van der Waals surface area contributed by atoms with Crippen LogP contribution in [0.1, 0.15) is 17.8 Å². The molecule has 18 heavy (non-hydrogen) atoms. The van der Waals surface area contributed by atoms with Crippen molar-refractivity contribution in [2.75, 3.05) is 19.5 Å². The summed E-state index contributed by atoms with van der Waals surface area (Å²) in [6.45, 7) is 0.968. The average molecular weight is 266 g/mol. The second-order valence-corrected chi connectivity index (χ2v) is 4.54. The van der Waals surface area contributed by atoms with Crippen LogP contribution in [0.4, 0.5) is 0 Å². The molecule has 1 heterocycles. The van der Waals surface area contributed by atoms with E-state index < -0.39 is 0 Å². The molecule has 0 N–H and O–H groups in total. The number of hydrogen-bond donors (Lipinski definition) is 0. The van der Waals surface area contributed by atoms with E-state index in [1.54, 1.807) is 23.9 Å². The van der Waals surface area contributed by atoms with Crippen LogP contribution in [0.15, 0.2) is 41.5 Å². The number of benzene rings is 1. The van der Waals surface area contributed by atoms with E-state index in [-0.39, 0.29) is 19.3 Å². The molecule has 0 aromatic heterocycles. The molecule has 0 fully saturated rings. The topological polar surface area (TPSA) is 35.5 Å². The molecule has 1 atom stereocenters. The van der Waals surface area contributed by atoms with Crippen molar-refractivity contribution in [1.29, 1.82) is 0 Å². The van der Waals surface area contributed by atoms with Crippen LogP contribution < -0.4 is 0 Å². The number of ether oxygens (including phenoxy) is 2. The van der Waals surface area contributed by atoms with Crippen LogP contribution in [-0.2, 0) is 9.47 Å². The Bertz CT molecular complexity index is 414. The Hall–Kier alpha value is -1.42. The molecule has 4 heteroatoms. The number of esters is 1. The van der Waals surface area contributed by atoms with Gasteiger partial charge < -0.3 is 9.47 Å². The lowest BCUT2D eigenvalue weighted by atomic mass is 10.2. The number of carbonyl (C=O) groups is 1. The van der Waals surface area contributed by atoms with Gasteiger partial charge in [0.2, 0.25) is 0 Å². The second kappa shape index (κ2) is 7.11. The van der Waals surface area contributed by atoms with E-state index in [1.807, 2.05) is 30.5 Å². The van der Waals surface area contributed by atoms with E-state index in [1.165, 1.54) is 0 Å². The quantitative estimate of drug-likeness (QED) is 0.783. The van der Waals surface area contributed by atoms with Crippen LogP contribution in [-0.4, -0.2) is 25.4 Å². The molecule has 1 unspecified atom stereocenters. The smallest absolute Gasteiger partial charge is 0.338 e. The largest absolute Gasteiger partial charge is 0.487 e. The highest BCUT2D eigenvalue weighted by Gasteiger charge is 2.18. The zero-order valence-corrected chi connectivity index (χ0v) is 10.4. The summed E-state index contributed by atoms with van der Waals surface area (Å²) >= 11 is 1.57. The second-order valence-electron chi connectivity index (χ2n) is 3.73. The van der Waals surface area contributed by atoms with Gasteiger partial charge in [-0.2, -0.15) is 0 Å². The van der Waals surface area contributed by atoms with Gasteiger partial charge in [-0.25, -0.2) is 4.79 Å². The standard InChI is InChI=1S/C13H14O3S.CH4/c1-17-12-7-10(8-15-12)9-16-13(14)11-5-3-2-4-6-11;/h2-7,10H,8-9H2,1H3;1H4. The highest BCUT2D eigenvalue weighted by molar-refractivity contribution is 8.02. The normalized spacial score (nSPS) is 17.4. The van der Waals surface area contributed by atoms with Crippen molar-refractivity contribution in [2.45, 2.75) is 7.43 Å². The fraction of sp³-hybridized carbons (Fsp3) is 0.357. The minimum absolute atomic E-state index is 0. The van der Waals surface area contributed by atoms with Gasteiger partial charge in [0.15, 0.2) is 0 Å². The molecular formula is C14H18O3S. The third-order valence-electron chi connectivity index (χ3n) is 2.45. The molecule has 1 aliphatic heterocycles. The maximum atomic E-state index is 11.7. The Kier molecular flexibility index (Phi) is 5.78. The highest BCUT2D eigenvalue weighted by Crippen LogP contribution is 2.24. The predicted molar refractivity (Wildman–Crippen MR) is 74.5 cm³/mol. The first kappa shape index (κ1) is 14.6. The van der Waals surface area contributed by atoms with Gasteiger partial charge in [0.1, 0.15) is 11.7 Å². The minimum Gasteiger partial charge on any atom is -0.487 e. The summed E-state index contributed by atoms with van der Waals surface area (Å²) in [5.41, 5.74) is 0.584. The average Bonchev–Trinajstić information content (AvgIpc) is 2.85. The molecule has 0 amide bonds. The van der Waals surface area contributed by atoms with Crippen LogP contribution in [0.3, 0.4) is 0 Å². The first-order valence-corrected chi connectivity index (χ1v) is 6.63. The van der Waals surface area contributed by atoms with E-state index in [0.29, 0.717) is 18.8 Å². The molecular weight excluding hydrogens is 248 g/mol. The summed E-state index contributed by atoms with van der Waals surface area (Å²) in [5.74, 6) is -0.110. The first-order chi connectivity index (χ1) is 8.29. The maximum Gasteiger partial charge on any atom is 0.338 e. The van der Waals surface area contributed by atoms with Crippen molar-refractivity contribution in [3.8, 4) is 0 Å². The van der Waals surface area contributed by atoms with Crippen molar-refractivity contribution in [3.63, 3.8) is 0 Å². The lowest BCUT2D eigenvalue weighted by Crippen LogP contribution is -2.13. The lowest BCUT2D eigenvalue weighted by Gasteiger charge is -2.07. The summed E-state index contributed by atoms with van der Waals surface area (Å²) in [5, 5.41) is 0.908. The third kappa shape index (κ3) is 3.81. The van der Waals surface area contributed by atoms with Gasteiger partial charge in [-0.15, -0.1) is 0 Å². The third-order valence-corrected chi connectivity index (χ3v) is 3.11. The Morgan fingerprint density at radius 3 is 2.78 bits per heavy atom. The minimum atomic E-state index is -0.281. The SMILES string of the molecule is C.CSC1=CC(COC(=O)c2ccccc2)CO1. The van der Waals surface area contributed by atoms with Crippen molar-refractivity contribution < 1.29 is 14.3 Å². The van der Waals surface area contributed by atoms with Gasteiger partial charge in [-0.3, -0.25) is 0 Å². The van der Waals surface area contributed by atoms with E-state index >= 15 is 0 Å².